The molecule has 7 nitrogen and oxygen atoms in total. The van der Waals surface area contributed by atoms with Gasteiger partial charge in [-0.15, -0.1) is 0 Å². The fourth-order valence-corrected chi connectivity index (χ4v) is 3.61. The third kappa shape index (κ3) is 3.33. The average Bonchev–Trinajstić information content (AvgIpc) is 3.13. The number of amides is 2. The van der Waals surface area contributed by atoms with Crippen LogP contribution >= 0.6 is 0 Å². The minimum absolute atomic E-state index is 0.0687. The number of hydrogen-bond acceptors (Lipinski definition) is 4. The Kier molecular flexibility index (Phi) is 4.34. The van der Waals surface area contributed by atoms with Gasteiger partial charge in [0.2, 0.25) is 5.91 Å². The van der Waals surface area contributed by atoms with Crippen molar-refractivity contribution in [2.24, 2.45) is 0 Å². The molecule has 1 unspecified atom stereocenters. The number of nitrogens with one attached hydrogen (secondary N) is 1. The second kappa shape index (κ2) is 6.71. The van der Waals surface area contributed by atoms with E-state index >= 15 is 0 Å². The lowest BCUT2D eigenvalue weighted by atomic mass is 9.88. The number of hydrogen-bond donors (Lipinski definition) is 1. The van der Waals surface area contributed by atoms with Gasteiger partial charge in [-0.05, 0) is 24.3 Å². The average molecular weight is 385 g/mol. The molecular formula is C19H17F2N5O2. The predicted octanol–water partition coefficient (Wildman–Crippen LogP) is 1.87. The Bertz CT molecular complexity index is 973. The Morgan fingerprint density at radius 1 is 1.29 bits per heavy atom. The summed E-state index contributed by atoms with van der Waals surface area (Å²) in [7, 11) is 0. The van der Waals surface area contributed by atoms with Gasteiger partial charge in [0.25, 0.3) is 11.8 Å². The van der Waals surface area contributed by atoms with Crippen LogP contribution in [0.25, 0.3) is 0 Å². The van der Waals surface area contributed by atoms with Gasteiger partial charge in [-0.25, -0.2) is 8.78 Å². The molecule has 0 spiro atoms. The Hall–Kier alpha value is -3.28. The number of nitrogens with zero attached hydrogens (tertiary/aromatic N) is 4. The Morgan fingerprint density at radius 3 is 2.79 bits per heavy atom. The molecule has 1 aliphatic heterocycles. The number of fused-ring (bicyclic) bond motifs is 1. The van der Waals surface area contributed by atoms with Crippen LogP contribution in [0.4, 0.5) is 8.78 Å². The van der Waals surface area contributed by atoms with Crippen LogP contribution in [0.2, 0.25) is 0 Å². The molecule has 28 heavy (non-hydrogen) atoms. The Labute approximate surface area is 159 Å². The van der Waals surface area contributed by atoms with Crippen molar-refractivity contribution < 1.29 is 18.4 Å². The smallest absolute Gasteiger partial charge is 0.254 e. The van der Waals surface area contributed by atoms with Crippen molar-refractivity contribution in [2.45, 2.75) is 37.4 Å². The largest absolute Gasteiger partial charge is 0.351 e. The van der Waals surface area contributed by atoms with E-state index in [1.807, 2.05) is 6.07 Å². The lowest BCUT2D eigenvalue weighted by molar-refractivity contribution is -0.133. The highest BCUT2D eigenvalue weighted by molar-refractivity contribution is 5.95. The van der Waals surface area contributed by atoms with E-state index < -0.39 is 23.9 Å². The van der Waals surface area contributed by atoms with Gasteiger partial charge in [0.15, 0.2) is 0 Å². The lowest BCUT2D eigenvalue weighted by Gasteiger charge is -2.38. The van der Waals surface area contributed by atoms with Gasteiger partial charge in [-0.2, -0.15) is 10.4 Å². The molecule has 9 heteroatoms. The standard InChI is InChI=1S/C19H17F2N5O2/c20-19(21)7-14(8-19)24-17(27)16-11-25(10-15-4-5-23-26(15)16)18(28)13-3-1-2-12(6-13)9-22/h1-6,14,16H,7-8,10-11H2,(H,24,27). The summed E-state index contributed by atoms with van der Waals surface area (Å²) in [6, 6.07) is 8.68. The van der Waals surface area contributed by atoms with Gasteiger partial charge in [0, 0.05) is 30.6 Å². The number of aromatic nitrogens is 2. The van der Waals surface area contributed by atoms with Gasteiger partial charge < -0.3 is 10.2 Å². The first kappa shape index (κ1) is 18.1. The van der Waals surface area contributed by atoms with Crippen LogP contribution in [0.3, 0.4) is 0 Å². The molecule has 0 saturated heterocycles. The van der Waals surface area contributed by atoms with Crippen molar-refractivity contribution in [1.82, 2.24) is 20.0 Å². The van der Waals surface area contributed by atoms with Crippen LogP contribution in [-0.4, -0.2) is 45.0 Å². The summed E-state index contributed by atoms with van der Waals surface area (Å²) in [4.78, 5) is 27.1. The van der Waals surface area contributed by atoms with E-state index in [1.54, 1.807) is 24.3 Å². The number of rotatable bonds is 3. The number of nitriles is 1. The molecule has 4 rings (SSSR count). The molecule has 1 fully saturated rings. The zero-order chi connectivity index (χ0) is 19.9. The maximum Gasteiger partial charge on any atom is 0.254 e. The molecule has 2 amide bonds. The minimum atomic E-state index is -2.73. The van der Waals surface area contributed by atoms with E-state index in [0.29, 0.717) is 16.8 Å². The SMILES string of the molecule is N#Cc1cccc(C(=O)N2Cc3ccnn3C(C(=O)NC3CC(F)(F)C3)C2)c1. The molecular weight excluding hydrogens is 368 g/mol. The molecule has 144 valence electrons. The second-order valence-electron chi connectivity index (χ2n) is 7.13. The second-order valence-corrected chi connectivity index (χ2v) is 7.13. The molecule has 2 heterocycles. The molecule has 2 aliphatic rings. The van der Waals surface area contributed by atoms with Crippen LogP contribution in [-0.2, 0) is 11.3 Å². The van der Waals surface area contributed by atoms with Crippen molar-refractivity contribution in [1.29, 1.82) is 5.26 Å². The molecule has 1 atom stereocenters. The highest BCUT2D eigenvalue weighted by Gasteiger charge is 2.47. The molecule has 1 aromatic carbocycles. The molecule has 0 bridgehead atoms. The molecule has 0 radical (unpaired) electrons. The van der Waals surface area contributed by atoms with E-state index in [9.17, 15) is 18.4 Å². The van der Waals surface area contributed by atoms with Gasteiger partial charge in [0.05, 0.1) is 30.4 Å². The van der Waals surface area contributed by atoms with E-state index in [-0.39, 0.29) is 31.8 Å². The predicted molar refractivity (Wildman–Crippen MR) is 93.3 cm³/mol. The first-order valence-electron chi connectivity index (χ1n) is 8.86. The van der Waals surface area contributed by atoms with Crippen LogP contribution in [0.15, 0.2) is 36.5 Å². The van der Waals surface area contributed by atoms with Crippen molar-refractivity contribution in [2.75, 3.05) is 6.54 Å². The maximum atomic E-state index is 13.0. The van der Waals surface area contributed by atoms with Gasteiger partial charge in [-0.1, -0.05) is 6.07 Å². The zero-order valence-corrected chi connectivity index (χ0v) is 14.8. The lowest BCUT2D eigenvalue weighted by Crippen LogP contribution is -2.54. The van der Waals surface area contributed by atoms with Crippen LogP contribution < -0.4 is 5.32 Å². The highest BCUT2D eigenvalue weighted by Crippen LogP contribution is 2.37. The van der Waals surface area contributed by atoms with Crippen LogP contribution in [0, 0.1) is 11.3 Å². The summed E-state index contributed by atoms with van der Waals surface area (Å²) < 4.78 is 27.6. The summed E-state index contributed by atoms with van der Waals surface area (Å²) in [5, 5.41) is 15.8. The first-order chi connectivity index (χ1) is 13.4. The third-order valence-corrected chi connectivity index (χ3v) is 5.06. The number of carbonyl (C=O) groups is 2. The van der Waals surface area contributed by atoms with Crippen molar-refractivity contribution in [3.8, 4) is 6.07 Å². The topological polar surface area (TPSA) is 91.0 Å². The van der Waals surface area contributed by atoms with Gasteiger partial charge >= 0.3 is 0 Å². The number of benzene rings is 1. The van der Waals surface area contributed by atoms with E-state index in [4.69, 9.17) is 5.26 Å². The molecule has 1 aromatic heterocycles. The fourth-order valence-electron chi connectivity index (χ4n) is 3.61. The minimum Gasteiger partial charge on any atom is -0.351 e. The van der Waals surface area contributed by atoms with Gasteiger partial charge in [0.1, 0.15) is 6.04 Å². The van der Waals surface area contributed by atoms with Crippen LogP contribution in [0.1, 0.15) is 40.5 Å². The molecule has 2 aromatic rings. The summed E-state index contributed by atoms with van der Waals surface area (Å²) in [5.74, 6) is -3.47. The normalized spacial score (nSPS) is 20.6. The van der Waals surface area contributed by atoms with E-state index in [1.165, 1.54) is 21.8 Å². The molecule has 1 N–H and O–H groups in total. The van der Waals surface area contributed by atoms with Crippen molar-refractivity contribution in [3.63, 3.8) is 0 Å². The highest BCUT2D eigenvalue weighted by atomic mass is 19.3. The third-order valence-electron chi connectivity index (χ3n) is 5.06. The van der Waals surface area contributed by atoms with Crippen LogP contribution in [0.5, 0.6) is 0 Å². The zero-order valence-electron chi connectivity index (χ0n) is 14.8. The van der Waals surface area contributed by atoms with Gasteiger partial charge in [-0.3, -0.25) is 14.3 Å². The molecule has 1 saturated carbocycles. The first-order valence-corrected chi connectivity index (χ1v) is 8.86. The quantitative estimate of drug-likeness (QED) is 0.873. The number of alkyl halides is 2. The maximum absolute atomic E-state index is 13.0. The Balaban J connectivity index is 1.53. The summed E-state index contributed by atoms with van der Waals surface area (Å²) in [6.07, 6.45) is 0.791. The summed E-state index contributed by atoms with van der Waals surface area (Å²) in [5.41, 5.74) is 1.40. The monoisotopic (exact) mass is 385 g/mol. The van der Waals surface area contributed by atoms with E-state index in [2.05, 4.69) is 10.4 Å². The Morgan fingerprint density at radius 2 is 2.07 bits per heavy atom. The van der Waals surface area contributed by atoms with Crippen molar-refractivity contribution >= 4 is 11.8 Å². The molecule has 1 aliphatic carbocycles. The van der Waals surface area contributed by atoms with E-state index in [0.717, 1.165) is 0 Å². The number of carbonyl (C=O) groups excluding carboxylic acids is 2. The fraction of sp³-hybridized carbons (Fsp3) is 0.368. The summed E-state index contributed by atoms with van der Waals surface area (Å²) >= 11 is 0. The van der Waals surface area contributed by atoms with Crippen molar-refractivity contribution in [3.05, 3.63) is 53.3 Å². The summed E-state index contributed by atoms with van der Waals surface area (Å²) in [6.45, 7) is 0.333. The number of halogens is 2.